The molecule has 2 aliphatic rings. The minimum atomic E-state index is -0.387. The lowest BCUT2D eigenvalue weighted by Gasteiger charge is -2.39. The number of likely N-dealkylation sites (tertiary alicyclic amines) is 1. The summed E-state index contributed by atoms with van der Waals surface area (Å²) in [5.41, 5.74) is 1.47. The molecule has 29 heavy (non-hydrogen) atoms. The van der Waals surface area contributed by atoms with E-state index in [1.54, 1.807) is 23.3 Å². The van der Waals surface area contributed by atoms with Gasteiger partial charge in [-0.25, -0.2) is 0 Å². The molecule has 0 aliphatic carbocycles. The number of thiophene rings is 1. The molecule has 154 valence electrons. The second kappa shape index (κ2) is 9.09. The molecule has 1 aromatic heterocycles. The van der Waals surface area contributed by atoms with Crippen molar-refractivity contribution in [3.8, 4) is 0 Å². The summed E-state index contributed by atoms with van der Waals surface area (Å²) in [5, 5.41) is 5.16. The Labute approximate surface area is 176 Å². The van der Waals surface area contributed by atoms with Crippen molar-refractivity contribution in [1.29, 1.82) is 0 Å². The second-order valence-corrected chi connectivity index (χ2v) is 8.97. The van der Waals surface area contributed by atoms with Gasteiger partial charge in [0.25, 0.3) is 5.91 Å². The van der Waals surface area contributed by atoms with Crippen LogP contribution in [0.1, 0.15) is 58.4 Å². The van der Waals surface area contributed by atoms with E-state index >= 15 is 0 Å². The van der Waals surface area contributed by atoms with Crippen molar-refractivity contribution in [1.82, 2.24) is 15.1 Å². The highest BCUT2D eigenvalue weighted by molar-refractivity contribution is 7.10. The van der Waals surface area contributed by atoms with Crippen LogP contribution in [0.15, 0.2) is 41.8 Å². The zero-order chi connectivity index (χ0) is 20.2. The Morgan fingerprint density at radius 1 is 1.14 bits per heavy atom. The van der Waals surface area contributed by atoms with E-state index in [1.165, 1.54) is 32.4 Å². The van der Waals surface area contributed by atoms with Gasteiger partial charge in [0.1, 0.15) is 0 Å². The molecule has 4 rings (SSSR count). The number of piperidine rings is 1. The number of nitrogens with one attached hydrogen (secondary N) is 1. The van der Waals surface area contributed by atoms with Gasteiger partial charge in [0, 0.05) is 24.0 Å². The summed E-state index contributed by atoms with van der Waals surface area (Å²) in [4.78, 5) is 31.5. The topological polar surface area (TPSA) is 52.7 Å². The molecule has 5 nitrogen and oxygen atoms in total. The van der Waals surface area contributed by atoms with Crippen LogP contribution < -0.4 is 5.32 Å². The van der Waals surface area contributed by atoms with E-state index in [-0.39, 0.29) is 23.8 Å². The van der Waals surface area contributed by atoms with Gasteiger partial charge in [-0.15, -0.1) is 11.3 Å². The first-order valence-electron chi connectivity index (χ1n) is 10.6. The third-order valence-corrected chi connectivity index (χ3v) is 7.04. The molecule has 3 heterocycles. The molecule has 6 heteroatoms. The molecule has 1 fully saturated rings. The number of rotatable bonds is 6. The molecule has 1 N–H and O–H groups in total. The van der Waals surface area contributed by atoms with Crippen LogP contribution in [-0.2, 0) is 4.79 Å². The molecule has 0 spiro atoms. The quantitative estimate of drug-likeness (QED) is 0.738. The number of likely N-dealkylation sites (N-methyl/N-ethyl adjacent to an activating group) is 1. The maximum absolute atomic E-state index is 13.3. The minimum absolute atomic E-state index is 0.00819. The largest absolute Gasteiger partial charge is 0.355 e. The van der Waals surface area contributed by atoms with Gasteiger partial charge in [-0.3, -0.25) is 9.59 Å². The monoisotopic (exact) mass is 411 g/mol. The van der Waals surface area contributed by atoms with Crippen LogP contribution in [0.5, 0.6) is 0 Å². The van der Waals surface area contributed by atoms with Crippen molar-refractivity contribution < 1.29 is 9.59 Å². The van der Waals surface area contributed by atoms with Crippen LogP contribution in [0.3, 0.4) is 0 Å². The summed E-state index contributed by atoms with van der Waals surface area (Å²) in [6.45, 7) is 4.06. The summed E-state index contributed by atoms with van der Waals surface area (Å²) in [7, 11) is 1.80. The molecule has 1 aromatic carbocycles. The van der Waals surface area contributed by atoms with Crippen molar-refractivity contribution in [2.45, 2.75) is 37.6 Å². The van der Waals surface area contributed by atoms with Crippen molar-refractivity contribution in [3.63, 3.8) is 0 Å². The average molecular weight is 412 g/mol. The number of carbonyl (C=O) groups excluding carboxylic acids is 2. The second-order valence-electron chi connectivity index (χ2n) is 7.99. The summed E-state index contributed by atoms with van der Waals surface area (Å²) < 4.78 is 0. The Balaban J connectivity index is 1.49. The lowest BCUT2D eigenvalue weighted by atomic mass is 9.81. The molecule has 0 bridgehead atoms. The molecule has 2 atom stereocenters. The van der Waals surface area contributed by atoms with E-state index in [9.17, 15) is 9.59 Å². The van der Waals surface area contributed by atoms with Gasteiger partial charge < -0.3 is 15.1 Å². The minimum Gasteiger partial charge on any atom is -0.355 e. The number of fused-ring (bicyclic) bond motifs is 1. The standard InChI is InChI=1S/C23H29N3O2S/c1-25-21(19-11-7-16-29-19)20(17-9-3-4-10-18(17)23(25)28)22(27)24-12-8-15-26-13-5-2-6-14-26/h3-4,7,9-11,16,20-21H,2,5-6,8,12-15H2,1H3,(H,24,27). The SMILES string of the molecule is CN1C(=O)c2ccccc2C(C(=O)NCCCN2CCCCC2)C1c1cccs1. The average Bonchev–Trinajstić information content (AvgIpc) is 3.28. The highest BCUT2D eigenvalue weighted by atomic mass is 32.1. The Bertz CT molecular complexity index is 846. The molecular weight excluding hydrogens is 382 g/mol. The Hall–Kier alpha value is -2.18. The molecule has 2 aromatic rings. The van der Waals surface area contributed by atoms with Gasteiger partial charge in [0.05, 0.1) is 12.0 Å². The van der Waals surface area contributed by atoms with Crippen molar-refractivity contribution >= 4 is 23.2 Å². The van der Waals surface area contributed by atoms with Crippen LogP contribution in [0.4, 0.5) is 0 Å². The molecule has 2 amide bonds. The summed E-state index contributed by atoms with van der Waals surface area (Å²) in [6.07, 6.45) is 4.87. The third-order valence-electron chi connectivity index (χ3n) is 6.10. The first kappa shape index (κ1) is 20.1. The van der Waals surface area contributed by atoms with Crippen molar-refractivity contribution in [2.24, 2.45) is 0 Å². The molecule has 1 saturated heterocycles. The van der Waals surface area contributed by atoms with Crippen LogP contribution in [0.2, 0.25) is 0 Å². The number of nitrogens with zero attached hydrogens (tertiary/aromatic N) is 2. The number of hydrogen-bond donors (Lipinski definition) is 1. The molecule has 0 saturated carbocycles. The molecule has 0 radical (unpaired) electrons. The van der Waals surface area contributed by atoms with E-state index in [4.69, 9.17) is 0 Å². The van der Waals surface area contributed by atoms with Crippen LogP contribution in [-0.4, -0.2) is 54.8 Å². The van der Waals surface area contributed by atoms with Gasteiger partial charge in [-0.05, 0) is 62.0 Å². The van der Waals surface area contributed by atoms with Crippen LogP contribution in [0, 0.1) is 0 Å². The highest BCUT2D eigenvalue weighted by Gasteiger charge is 2.42. The van der Waals surface area contributed by atoms with Gasteiger partial charge in [0.15, 0.2) is 0 Å². The predicted octanol–water partition coefficient (Wildman–Crippen LogP) is 3.65. The van der Waals surface area contributed by atoms with Gasteiger partial charge in [0.2, 0.25) is 5.91 Å². The number of hydrogen-bond acceptors (Lipinski definition) is 4. The van der Waals surface area contributed by atoms with E-state index < -0.39 is 0 Å². The van der Waals surface area contributed by atoms with Gasteiger partial charge in [-0.1, -0.05) is 30.7 Å². The fourth-order valence-corrected chi connectivity index (χ4v) is 5.48. The van der Waals surface area contributed by atoms with Crippen molar-refractivity contribution in [2.75, 3.05) is 33.2 Å². The van der Waals surface area contributed by atoms with E-state index in [2.05, 4.69) is 10.2 Å². The predicted molar refractivity (Wildman–Crippen MR) is 116 cm³/mol. The maximum Gasteiger partial charge on any atom is 0.254 e. The zero-order valence-electron chi connectivity index (χ0n) is 17.0. The number of benzene rings is 1. The van der Waals surface area contributed by atoms with Crippen molar-refractivity contribution in [3.05, 3.63) is 57.8 Å². The van der Waals surface area contributed by atoms with Gasteiger partial charge >= 0.3 is 0 Å². The summed E-state index contributed by atoms with van der Waals surface area (Å²) >= 11 is 1.60. The fourth-order valence-electron chi connectivity index (χ4n) is 4.58. The van der Waals surface area contributed by atoms with Crippen LogP contribution in [0.25, 0.3) is 0 Å². The Kier molecular flexibility index (Phi) is 6.31. The summed E-state index contributed by atoms with van der Waals surface area (Å²) in [5.74, 6) is -0.399. The first-order chi connectivity index (χ1) is 14.2. The molecule has 2 unspecified atom stereocenters. The normalized spacial score (nSPS) is 22.4. The first-order valence-corrected chi connectivity index (χ1v) is 11.4. The van der Waals surface area contributed by atoms with Gasteiger partial charge in [-0.2, -0.15) is 0 Å². The Morgan fingerprint density at radius 2 is 1.93 bits per heavy atom. The number of amides is 2. The lowest BCUT2D eigenvalue weighted by Crippen LogP contribution is -2.45. The zero-order valence-corrected chi connectivity index (χ0v) is 17.8. The third kappa shape index (κ3) is 4.23. The van der Waals surface area contributed by atoms with Crippen LogP contribution >= 0.6 is 11.3 Å². The highest BCUT2D eigenvalue weighted by Crippen LogP contribution is 2.43. The van der Waals surface area contributed by atoms with E-state index in [0.717, 1.165) is 23.4 Å². The Morgan fingerprint density at radius 3 is 2.69 bits per heavy atom. The van der Waals surface area contributed by atoms with E-state index in [1.807, 2.05) is 41.8 Å². The fraction of sp³-hybridized carbons (Fsp3) is 0.478. The molecular formula is C23H29N3O2S. The maximum atomic E-state index is 13.3. The molecule has 2 aliphatic heterocycles. The number of carbonyl (C=O) groups is 2. The summed E-state index contributed by atoms with van der Waals surface area (Å²) in [6, 6.07) is 11.3. The lowest BCUT2D eigenvalue weighted by molar-refractivity contribution is -0.124. The van der Waals surface area contributed by atoms with E-state index in [0.29, 0.717) is 12.1 Å². The smallest absolute Gasteiger partial charge is 0.254 e.